The Labute approximate surface area is 134 Å². The maximum atomic E-state index is 11.8. The van der Waals surface area contributed by atoms with Crippen molar-refractivity contribution < 1.29 is 4.79 Å². The highest BCUT2D eigenvalue weighted by molar-refractivity contribution is 5.95. The highest BCUT2D eigenvalue weighted by atomic mass is 16.2. The number of carbonyl (C=O) groups is 1. The summed E-state index contributed by atoms with van der Waals surface area (Å²) in [6.45, 7) is 4.55. The monoisotopic (exact) mass is 312 g/mol. The molecule has 0 bridgehead atoms. The van der Waals surface area contributed by atoms with Crippen LogP contribution in [0.4, 0.5) is 11.6 Å². The van der Waals surface area contributed by atoms with Crippen molar-refractivity contribution in [1.82, 2.24) is 19.7 Å². The van der Waals surface area contributed by atoms with Crippen molar-refractivity contribution in [2.45, 2.75) is 32.2 Å². The van der Waals surface area contributed by atoms with Gasteiger partial charge in [-0.2, -0.15) is 5.10 Å². The van der Waals surface area contributed by atoms with Crippen LogP contribution >= 0.6 is 0 Å². The van der Waals surface area contributed by atoms with Crippen LogP contribution in [0.5, 0.6) is 0 Å². The molecule has 4 rings (SSSR count). The predicted molar refractivity (Wildman–Crippen MR) is 86.5 cm³/mol. The van der Waals surface area contributed by atoms with Crippen LogP contribution in [0.3, 0.4) is 0 Å². The lowest BCUT2D eigenvalue weighted by molar-refractivity contribution is -0.117. The molecule has 1 atom stereocenters. The van der Waals surface area contributed by atoms with Gasteiger partial charge in [0.25, 0.3) is 0 Å². The Hall–Kier alpha value is -2.44. The third-order valence-corrected chi connectivity index (χ3v) is 4.58. The van der Waals surface area contributed by atoms with Crippen molar-refractivity contribution in [3.8, 4) is 0 Å². The molecule has 0 N–H and O–H groups in total. The summed E-state index contributed by atoms with van der Waals surface area (Å²) in [6.07, 6.45) is 8.19. The van der Waals surface area contributed by atoms with E-state index >= 15 is 0 Å². The maximum absolute atomic E-state index is 11.8. The van der Waals surface area contributed by atoms with Gasteiger partial charge in [0, 0.05) is 44.1 Å². The van der Waals surface area contributed by atoms with Crippen molar-refractivity contribution in [1.29, 1.82) is 0 Å². The number of anilines is 2. The van der Waals surface area contributed by atoms with Crippen LogP contribution in [-0.2, 0) is 4.79 Å². The van der Waals surface area contributed by atoms with Crippen molar-refractivity contribution >= 4 is 17.5 Å². The van der Waals surface area contributed by atoms with Gasteiger partial charge in [0.05, 0.1) is 17.9 Å². The molecule has 23 heavy (non-hydrogen) atoms. The molecule has 7 nitrogen and oxygen atoms in total. The van der Waals surface area contributed by atoms with Gasteiger partial charge in [-0.3, -0.25) is 9.48 Å². The number of aryl methyl sites for hydroxylation is 1. The summed E-state index contributed by atoms with van der Waals surface area (Å²) in [5.74, 6) is 0.986. The molecule has 4 heterocycles. The van der Waals surface area contributed by atoms with Crippen LogP contribution in [-0.4, -0.2) is 45.3 Å². The van der Waals surface area contributed by atoms with Crippen LogP contribution in [0.15, 0.2) is 24.7 Å². The summed E-state index contributed by atoms with van der Waals surface area (Å²) >= 11 is 0. The first-order valence-electron chi connectivity index (χ1n) is 8.10. The number of hydrogen-bond acceptors (Lipinski definition) is 5. The minimum absolute atomic E-state index is 0.200. The lowest BCUT2D eigenvalue weighted by Gasteiger charge is -2.16. The number of amides is 1. The zero-order valence-corrected chi connectivity index (χ0v) is 13.2. The molecule has 1 amide bonds. The van der Waals surface area contributed by atoms with Gasteiger partial charge in [0.15, 0.2) is 0 Å². The van der Waals surface area contributed by atoms with Crippen molar-refractivity contribution in [3.63, 3.8) is 0 Å². The molecule has 0 spiro atoms. The third kappa shape index (κ3) is 2.67. The summed E-state index contributed by atoms with van der Waals surface area (Å²) in [7, 11) is 0. The fourth-order valence-electron chi connectivity index (χ4n) is 3.32. The fourth-order valence-corrected chi connectivity index (χ4v) is 3.32. The molecule has 2 saturated heterocycles. The average Bonchev–Trinajstić information content (AvgIpc) is 3.26. The average molecular weight is 312 g/mol. The molecule has 2 fully saturated rings. The first-order valence-corrected chi connectivity index (χ1v) is 8.10. The molecule has 2 aliphatic rings. The Balaban J connectivity index is 1.48. The largest absolute Gasteiger partial charge is 0.339 e. The number of nitrogens with zero attached hydrogens (tertiary/aromatic N) is 6. The highest BCUT2D eigenvalue weighted by Crippen LogP contribution is 2.27. The van der Waals surface area contributed by atoms with E-state index in [9.17, 15) is 4.79 Å². The number of carbonyl (C=O) groups excluding carboxylic acids is 1. The Kier molecular flexibility index (Phi) is 3.48. The zero-order chi connectivity index (χ0) is 15.8. The summed E-state index contributed by atoms with van der Waals surface area (Å²) in [5.41, 5.74) is 1.89. The summed E-state index contributed by atoms with van der Waals surface area (Å²) in [6, 6.07) is 2.20. The fraction of sp³-hybridized carbons (Fsp3) is 0.500. The van der Waals surface area contributed by atoms with Gasteiger partial charge in [-0.25, -0.2) is 9.97 Å². The molecule has 0 aromatic carbocycles. The van der Waals surface area contributed by atoms with Gasteiger partial charge in [0.2, 0.25) is 11.9 Å². The molecule has 0 saturated carbocycles. The van der Waals surface area contributed by atoms with E-state index in [0.29, 0.717) is 12.5 Å². The van der Waals surface area contributed by atoms with Crippen LogP contribution in [0.2, 0.25) is 0 Å². The second-order valence-corrected chi connectivity index (χ2v) is 6.21. The predicted octanol–water partition coefficient (Wildman–Crippen LogP) is 1.56. The van der Waals surface area contributed by atoms with Gasteiger partial charge in [-0.15, -0.1) is 0 Å². The normalized spacial score (nSPS) is 21.4. The smallest absolute Gasteiger partial charge is 0.227 e. The van der Waals surface area contributed by atoms with Crippen LogP contribution in [0.25, 0.3) is 0 Å². The van der Waals surface area contributed by atoms with Crippen LogP contribution in [0.1, 0.15) is 31.0 Å². The van der Waals surface area contributed by atoms with Gasteiger partial charge in [-0.05, 0) is 25.8 Å². The molecule has 0 aliphatic carbocycles. The van der Waals surface area contributed by atoms with E-state index in [1.807, 2.05) is 28.8 Å². The van der Waals surface area contributed by atoms with E-state index in [-0.39, 0.29) is 5.91 Å². The summed E-state index contributed by atoms with van der Waals surface area (Å²) < 4.78 is 1.98. The standard InChI is InChI=1S/C16H20N6O/c1-12-4-6-17-16(19-12)20-8-5-13(10-20)22-11-14(9-18-22)21-7-2-3-15(21)23/h4,6,9,11,13H,2-3,5,7-8,10H2,1H3. The van der Waals surface area contributed by atoms with Crippen molar-refractivity contribution in [3.05, 3.63) is 30.4 Å². The minimum Gasteiger partial charge on any atom is -0.339 e. The van der Waals surface area contributed by atoms with Crippen molar-refractivity contribution in [2.24, 2.45) is 0 Å². The highest BCUT2D eigenvalue weighted by Gasteiger charge is 2.28. The molecule has 2 aliphatic heterocycles. The SMILES string of the molecule is Cc1ccnc(N2CCC(n3cc(N4CCCC4=O)cn3)C2)n1. The van der Waals surface area contributed by atoms with E-state index in [1.165, 1.54) is 0 Å². The second kappa shape index (κ2) is 5.64. The van der Waals surface area contributed by atoms with E-state index in [0.717, 1.165) is 49.8 Å². The van der Waals surface area contributed by atoms with Gasteiger partial charge >= 0.3 is 0 Å². The number of aromatic nitrogens is 4. The molecule has 2 aromatic rings. The van der Waals surface area contributed by atoms with Gasteiger partial charge in [-0.1, -0.05) is 0 Å². The molecule has 2 aromatic heterocycles. The van der Waals surface area contributed by atoms with Gasteiger partial charge < -0.3 is 9.80 Å². The van der Waals surface area contributed by atoms with Crippen molar-refractivity contribution in [2.75, 3.05) is 29.4 Å². The minimum atomic E-state index is 0.200. The molecule has 1 unspecified atom stereocenters. The summed E-state index contributed by atoms with van der Waals surface area (Å²) in [4.78, 5) is 24.7. The van der Waals surface area contributed by atoms with E-state index in [4.69, 9.17) is 0 Å². The second-order valence-electron chi connectivity index (χ2n) is 6.21. The summed E-state index contributed by atoms with van der Waals surface area (Å²) in [5, 5.41) is 4.48. The van der Waals surface area contributed by atoms with Gasteiger partial charge in [0.1, 0.15) is 0 Å². The third-order valence-electron chi connectivity index (χ3n) is 4.58. The first kappa shape index (κ1) is 14.2. The molecule has 120 valence electrons. The number of rotatable bonds is 3. The molecule has 0 radical (unpaired) electrons. The van der Waals surface area contributed by atoms with Crippen LogP contribution < -0.4 is 9.80 Å². The van der Waals surface area contributed by atoms with Crippen LogP contribution in [0, 0.1) is 6.92 Å². The Morgan fingerprint density at radius 1 is 1.30 bits per heavy atom. The lowest BCUT2D eigenvalue weighted by Crippen LogP contribution is -2.24. The maximum Gasteiger partial charge on any atom is 0.227 e. The Morgan fingerprint density at radius 3 is 3.00 bits per heavy atom. The Bertz CT molecular complexity index is 727. The first-order chi connectivity index (χ1) is 11.2. The lowest BCUT2D eigenvalue weighted by atomic mass is 10.3. The van der Waals surface area contributed by atoms with E-state index < -0.39 is 0 Å². The molecule has 7 heteroatoms. The molecular formula is C16H20N6O. The van der Waals surface area contributed by atoms with E-state index in [1.54, 1.807) is 12.4 Å². The van der Waals surface area contributed by atoms with E-state index in [2.05, 4.69) is 20.0 Å². The zero-order valence-electron chi connectivity index (χ0n) is 13.2. The topological polar surface area (TPSA) is 67.2 Å². The molecular weight excluding hydrogens is 292 g/mol. The Morgan fingerprint density at radius 2 is 2.22 bits per heavy atom. The number of hydrogen-bond donors (Lipinski definition) is 0. The quantitative estimate of drug-likeness (QED) is 0.860.